The van der Waals surface area contributed by atoms with E-state index in [1.807, 2.05) is 24.3 Å². The summed E-state index contributed by atoms with van der Waals surface area (Å²) in [5.74, 6) is 0.303. The molecule has 2 atom stereocenters. The Labute approximate surface area is 144 Å². The first kappa shape index (κ1) is 19.7. The van der Waals surface area contributed by atoms with Gasteiger partial charge in [0.05, 0.1) is 7.11 Å². The van der Waals surface area contributed by atoms with E-state index in [1.165, 1.54) is 12.7 Å². The highest BCUT2D eigenvalue weighted by atomic mass is 35.5. The maximum atomic E-state index is 11.3. The Kier molecular flexibility index (Phi) is 7.32. The number of hydrogen-bond donors (Lipinski definition) is 1. The molecule has 1 aliphatic heterocycles. The Balaban J connectivity index is 0.00000264. The van der Waals surface area contributed by atoms with Crippen LogP contribution < -0.4 is 10.5 Å². The summed E-state index contributed by atoms with van der Waals surface area (Å²) in [5, 5.41) is 0. The third-order valence-corrected chi connectivity index (χ3v) is 4.31. The summed E-state index contributed by atoms with van der Waals surface area (Å²) in [5.41, 5.74) is 7.33. The second-order valence-corrected chi connectivity index (χ2v) is 6.40. The minimum absolute atomic E-state index is 0. The number of likely N-dealkylation sites (tertiary alicyclic amines) is 1. The first-order valence-electron chi connectivity index (χ1n) is 7.71. The molecule has 6 heteroatoms. The lowest BCUT2D eigenvalue weighted by atomic mass is 9.90. The third-order valence-electron chi connectivity index (χ3n) is 4.31. The topological polar surface area (TPSA) is 64.8 Å². The Morgan fingerprint density at radius 3 is 2.57 bits per heavy atom. The number of carbonyl (C=O) groups is 1. The Bertz CT molecular complexity index is 509. The van der Waals surface area contributed by atoms with Crippen LogP contribution in [-0.4, -0.2) is 43.7 Å². The number of halogens is 1. The van der Waals surface area contributed by atoms with Crippen LogP contribution in [0.1, 0.15) is 25.8 Å². The molecule has 0 saturated carbocycles. The van der Waals surface area contributed by atoms with Crippen LogP contribution >= 0.6 is 12.4 Å². The lowest BCUT2D eigenvalue weighted by Gasteiger charge is -2.22. The van der Waals surface area contributed by atoms with E-state index < -0.39 is 6.10 Å². The highest BCUT2D eigenvalue weighted by Crippen LogP contribution is 2.29. The van der Waals surface area contributed by atoms with Crippen LogP contribution in [0, 0.1) is 5.41 Å². The predicted molar refractivity (Wildman–Crippen MR) is 92.9 cm³/mol. The maximum absolute atomic E-state index is 11.3. The van der Waals surface area contributed by atoms with Crippen molar-refractivity contribution >= 4 is 18.4 Å². The van der Waals surface area contributed by atoms with Crippen LogP contribution in [0.25, 0.3) is 0 Å². The molecule has 0 spiro atoms. The summed E-state index contributed by atoms with van der Waals surface area (Å²) in [6, 6.07) is 7.87. The number of methoxy groups -OCH3 is 1. The van der Waals surface area contributed by atoms with Gasteiger partial charge in [0.15, 0.2) is 6.10 Å². The van der Waals surface area contributed by atoms with Gasteiger partial charge in [-0.1, -0.05) is 19.1 Å². The smallest absolute Gasteiger partial charge is 0.346 e. The van der Waals surface area contributed by atoms with Crippen LogP contribution in [-0.2, 0) is 16.1 Å². The molecule has 1 aromatic rings. The second kappa shape index (κ2) is 8.52. The molecule has 0 radical (unpaired) electrons. The van der Waals surface area contributed by atoms with Gasteiger partial charge in [0, 0.05) is 13.1 Å². The SMILES string of the molecule is COC(=O)C(C)Oc1ccc(CN2CCC(C)(CN)C2)cc1.Cl. The van der Waals surface area contributed by atoms with E-state index in [0.29, 0.717) is 5.75 Å². The normalized spacial score (nSPS) is 22.3. The summed E-state index contributed by atoms with van der Waals surface area (Å²) in [7, 11) is 1.36. The lowest BCUT2D eigenvalue weighted by Crippen LogP contribution is -2.31. The molecule has 1 aromatic carbocycles. The molecule has 2 N–H and O–H groups in total. The van der Waals surface area contributed by atoms with Crippen LogP contribution in [0.4, 0.5) is 0 Å². The summed E-state index contributed by atoms with van der Waals surface area (Å²) < 4.78 is 10.2. The molecule has 2 rings (SSSR count). The van der Waals surface area contributed by atoms with Crippen molar-refractivity contribution in [1.82, 2.24) is 4.90 Å². The van der Waals surface area contributed by atoms with Gasteiger partial charge >= 0.3 is 5.97 Å². The Morgan fingerprint density at radius 1 is 1.39 bits per heavy atom. The van der Waals surface area contributed by atoms with Crippen LogP contribution in [0.5, 0.6) is 5.75 Å². The van der Waals surface area contributed by atoms with Gasteiger partial charge in [-0.15, -0.1) is 12.4 Å². The summed E-state index contributed by atoms with van der Waals surface area (Å²) >= 11 is 0. The van der Waals surface area contributed by atoms with E-state index in [4.69, 9.17) is 10.5 Å². The fourth-order valence-corrected chi connectivity index (χ4v) is 2.78. The highest BCUT2D eigenvalue weighted by Gasteiger charge is 2.32. The van der Waals surface area contributed by atoms with Gasteiger partial charge in [0.1, 0.15) is 5.75 Å². The Morgan fingerprint density at radius 2 is 2.04 bits per heavy atom. The number of esters is 1. The lowest BCUT2D eigenvalue weighted by molar-refractivity contribution is -0.147. The number of carbonyl (C=O) groups excluding carboxylic acids is 1. The summed E-state index contributed by atoms with van der Waals surface area (Å²) in [4.78, 5) is 13.8. The average Bonchev–Trinajstić information content (AvgIpc) is 2.90. The molecule has 0 aliphatic carbocycles. The minimum atomic E-state index is -0.598. The molecule has 0 bridgehead atoms. The van der Waals surface area contributed by atoms with Crippen molar-refractivity contribution in [1.29, 1.82) is 0 Å². The largest absolute Gasteiger partial charge is 0.479 e. The average molecular weight is 343 g/mol. The van der Waals surface area contributed by atoms with Gasteiger partial charge in [-0.25, -0.2) is 4.79 Å². The van der Waals surface area contributed by atoms with E-state index in [9.17, 15) is 4.79 Å². The van der Waals surface area contributed by atoms with Gasteiger partial charge in [0.25, 0.3) is 0 Å². The molecule has 1 saturated heterocycles. The monoisotopic (exact) mass is 342 g/mol. The quantitative estimate of drug-likeness (QED) is 0.803. The highest BCUT2D eigenvalue weighted by molar-refractivity contribution is 5.85. The number of hydrogen-bond acceptors (Lipinski definition) is 5. The molecule has 0 amide bonds. The summed E-state index contributed by atoms with van der Waals surface area (Å²) in [6.07, 6.45) is 0.557. The van der Waals surface area contributed by atoms with E-state index >= 15 is 0 Å². The van der Waals surface area contributed by atoms with E-state index in [1.54, 1.807) is 6.92 Å². The molecule has 0 aromatic heterocycles. The molecule has 5 nitrogen and oxygen atoms in total. The van der Waals surface area contributed by atoms with Gasteiger partial charge < -0.3 is 15.2 Å². The standard InChI is InChI=1S/C17H26N2O3.ClH/c1-13(16(20)21-3)22-15-6-4-14(5-7-15)10-19-9-8-17(2,11-18)12-19;/h4-7,13H,8-12,18H2,1-3H3;1H. The predicted octanol–water partition coefficient (Wildman–Crippen LogP) is 2.22. The van der Waals surface area contributed by atoms with Gasteiger partial charge in [0.2, 0.25) is 0 Å². The first-order chi connectivity index (χ1) is 10.5. The van der Waals surface area contributed by atoms with Gasteiger partial charge in [-0.3, -0.25) is 4.90 Å². The molecule has 2 unspecified atom stereocenters. The summed E-state index contributed by atoms with van der Waals surface area (Å²) in [6.45, 7) is 7.71. The number of nitrogens with two attached hydrogens (primary N) is 1. The van der Waals surface area contributed by atoms with Crippen molar-refractivity contribution < 1.29 is 14.3 Å². The fraction of sp³-hybridized carbons (Fsp3) is 0.588. The fourth-order valence-electron chi connectivity index (χ4n) is 2.78. The molecule has 130 valence electrons. The first-order valence-corrected chi connectivity index (χ1v) is 7.71. The van der Waals surface area contributed by atoms with E-state index in [2.05, 4.69) is 16.6 Å². The van der Waals surface area contributed by atoms with Crippen molar-refractivity contribution in [3.63, 3.8) is 0 Å². The van der Waals surface area contributed by atoms with E-state index in [0.717, 1.165) is 32.6 Å². The molecule has 23 heavy (non-hydrogen) atoms. The molecule has 1 heterocycles. The zero-order chi connectivity index (χ0) is 16.2. The van der Waals surface area contributed by atoms with E-state index in [-0.39, 0.29) is 23.8 Å². The van der Waals surface area contributed by atoms with Crippen molar-refractivity contribution in [2.24, 2.45) is 11.1 Å². The molecular formula is C17H27ClN2O3. The molecular weight excluding hydrogens is 316 g/mol. The van der Waals surface area contributed by atoms with Crippen molar-refractivity contribution in [3.8, 4) is 5.75 Å². The number of benzene rings is 1. The van der Waals surface area contributed by atoms with Crippen molar-refractivity contribution in [2.45, 2.75) is 32.9 Å². The van der Waals surface area contributed by atoms with Gasteiger partial charge in [-0.05, 0) is 49.5 Å². The third kappa shape index (κ3) is 5.37. The number of nitrogens with zero attached hydrogens (tertiary/aromatic N) is 1. The minimum Gasteiger partial charge on any atom is -0.479 e. The zero-order valence-corrected chi connectivity index (χ0v) is 14.9. The zero-order valence-electron chi connectivity index (χ0n) is 14.1. The molecule has 1 fully saturated rings. The molecule has 1 aliphatic rings. The second-order valence-electron chi connectivity index (χ2n) is 6.40. The number of ether oxygens (including phenoxy) is 2. The van der Waals surface area contributed by atoms with Crippen molar-refractivity contribution in [2.75, 3.05) is 26.7 Å². The number of rotatable bonds is 6. The van der Waals surface area contributed by atoms with Crippen LogP contribution in [0.2, 0.25) is 0 Å². The van der Waals surface area contributed by atoms with Crippen LogP contribution in [0.15, 0.2) is 24.3 Å². The van der Waals surface area contributed by atoms with Gasteiger partial charge in [-0.2, -0.15) is 0 Å². The maximum Gasteiger partial charge on any atom is 0.346 e. The van der Waals surface area contributed by atoms with Crippen LogP contribution in [0.3, 0.4) is 0 Å². The van der Waals surface area contributed by atoms with Crippen molar-refractivity contribution in [3.05, 3.63) is 29.8 Å². The Hall–Kier alpha value is -1.30.